The van der Waals surface area contributed by atoms with Gasteiger partial charge in [0.1, 0.15) is 23.9 Å². The van der Waals surface area contributed by atoms with Crippen LogP contribution in [-0.4, -0.2) is 41.9 Å². The predicted octanol–water partition coefficient (Wildman–Crippen LogP) is 2.79. The van der Waals surface area contributed by atoms with Crippen molar-refractivity contribution >= 4 is 27.8 Å². The topological polar surface area (TPSA) is 110 Å². The fourth-order valence-corrected chi connectivity index (χ4v) is 4.70. The summed E-state index contributed by atoms with van der Waals surface area (Å²) in [4.78, 5) is 12.9. The quantitative estimate of drug-likeness (QED) is 0.483. The van der Waals surface area contributed by atoms with E-state index in [1.54, 1.807) is 0 Å². The molecule has 30 heavy (non-hydrogen) atoms. The molecule has 1 saturated carbocycles. The van der Waals surface area contributed by atoms with E-state index in [2.05, 4.69) is 39.2 Å². The van der Waals surface area contributed by atoms with Gasteiger partial charge in [0.25, 0.3) is 0 Å². The number of pyridine rings is 1. The highest BCUT2D eigenvalue weighted by molar-refractivity contribution is 5.86. The molecule has 7 nitrogen and oxygen atoms in total. The third-order valence-electron chi connectivity index (χ3n) is 6.36. The van der Waals surface area contributed by atoms with Gasteiger partial charge in [0.05, 0.1) is 23.0 Å². The summed E-state index contributed by atoms with van der Waals surface area (Å²) in [6.45, 7) is 2.04. The first-order valence-electron chi connectivity index (χ1n) is 10.3. The van der Waals surface area contributed by atoms with E-state index in [1.165, 1.54) is 11.9 Å². The number of aliphatic hydroxyl groups excluding tert-OH is 2. The van der Waals surface area contributed by atoms with E-state index < -0.39 is 12.2 Å². The van der Waals surface area contributed by atoms with Crippen LogP contribution in [0.4, 0.5) is 5.82 Å². The van der Waals surface area contributed by atoms with Crippen molar-refractivity contribution in [3.8, 4) is 0 Å². The number of nitrogens with zero attached hydrogens (tertiary/aromatic N) is 4. The van der Waals surface area contributed by atoms with Crippen LogP contribution in [0.2, 0.25) is 0 Å². The highest BCUT2D eigenvalue weighted by atomic mass is 16.3. The number of fused-ring (bicyclic) bond motifs is 2. The number of nitrogens with two attached hydrogens (primary N) is 1. The smallest absolute Gasteiger partial charge is 0.145 e. The number of anilines is 1. The van der Waals surface area contributed by atoms with Gasteiger partial charge in [-0.15, -0.1) is 0 Å². The summed E-state index contributed by atoms with van der Waals surface area (Å²) in [6, 6.07) is 10.1. The van der Waals surface area contributed by atoms with E-state index in [-0.39, 0.29) is 12.0 Å². The van der Waals surface area contributed by atoms with Gasteiger partial charge in [-0.3, -0.25) is 4.98 Å². The second-order valence-electron chi connectivity index (χ2n) is 8.34. The molecule has 154 valence electrons. The Hall–Kier alpha value is -3.03. The molecular weight excluding hydrogens is 378 g/mol. The van der Waals surface area contributed by atoms with Crippen LogP contribution in [0.5, 0.6) is 0 Å². The lowest BCUT2D eigenvalue weighted by Crippen LogP contribution is -2.29. The maximum Gasteiger partial charge on any atom is 0.145 e. The van der Waals surface area contributed by atoms with Crippen molar-refractivity contribution in [2.45, 2.75) is 44.4 Å². The summed E-state index contributed by atoms with van der Waals surface area (Å²) in [5.74, 6) is 0.423. The minimum Gasteiger partial charge on any atom is -0.390 e. The Kier molecular flexibility index (Phi) is 4.64. The molecule has 0 aliphatic heterocycles. The highest BCUT2D eigenvalue weighted by Crippen LogP contribution is 2.39. The van der Waals surface area contributed by atoms with Gasteiger partial charge in [-0.1, -0.05) is 12.1 Å². The summed E-state index contributed by atoms with van der Waals surface area (Å²) in [5, 5.41) is 23.3. The van der Waals surface area contributed by atoms with Gasteiger partial charge in [0.2, 0.25) is 0 Å². The molecule has 0 unspecified atom stereocenters. The van der Waals surface area contributed by atoms with Crippen LogP contribution in [0.25, 0.3) is 21.9 Å². The van der Waals surface area contributed by atoms with Crippen LogP contribution in [0, 0.1) is 12.8 Å². The summed E-state index contributed by atoms with van der Waals surface area (Å²) in [6.07, 6.45) is 5.87. The zero-order valence-corrected chi connectivity index (χ0v) is 16.8. The maximum atomic E-state index is 10.7. The predicted molar refractivity (Wildman–Crippen MR) is 116 cm³/mol. The Labute approximate surface area is 174 Å². The number of aliphatic hydroxyl groups is 2. The van der Waals surface area contributed by atoms with Crippen LogP contribution in [0.15, 0.2) is 49.1 Å². The number of hydrogen-bond acceptors (Lipinski definition) is 6. The number of aryl methyl sites for hydroxylation is 2. The lowest BCUT2D eigenvalue weighted by atomic mass is 9.95. The van der Waals surface area contributed by atoms with Crippen LogP contribution < -0.4 is 5.73 Å². The lowest BCUT2D eigenvalue weighted by Gasteiger charge is -2.19. The van der Waals surface area contributed by atoms with Crippen LogP contribution in [-0.2, 0) is 6.42 Å². The summed E-state index contributed by atoms with van der Waals surface area (Å²) < 4.78 is 1.92. The van der Waals surface area contributed by atoms with E-state index in [4.69, 9.17) is 5.73 Å². The SMILES string of the molecule is Cc1cnc2cc(CC[C@H]3C[C@@H](n4ccc5c(N)ncnc54)[C@H](O)[C@@H]3O)ccc2c1. The van der Waals surface area contributed by atoms with Gasteiger partial charge < -0.3 is 20.5 Å². The third-order valence-corrected chi connectivity index (χ3v) is 6.36. The Morgan fingerprint density at radius 2 is 1.97 bits per heavy atom. The van der Waals surface area contributed by atoms with E-state index in [1.807, 2.05) is 30.0 Å². The first kappa shape index (κ1) is 19.0. The van der Waals surface area contributed by atoms with Gasteiger partial charge in [-0.25, -0.2) is 9.97 Å². The van der Waals surface area contributed by atoms with Crippen molar-refractivity contribution in [3.63, 3.8) is 0 Å². The molecule has 0 bridgehead atoms. The van der Waals surface area contributed by atoms with E-state index in [0.717, 1.165) is 34.7 Å². The average molecular weight is 403 g/mol. The second-order valence-corrected chi connectivity index (χ2v) is 8.34. The molecule has 1 aliphatic carbocycles. The van der Waals surface area contributed by atoms with Crippen molar-refractivity contribution in [3.05, 3.63) is 60.2 Å². The lowest BCUT2D eigenvalue weighted by molar-refractivity contribution is 0.00545. The fourth-order valence-electron chi connectivity index (χ4n) is 4.70. The molecular formula is C23H25N5O2. The average Bonchev–Trinajstić information content (AvgIpc) is 3.29. The Balaban J connectivity index is 1.33. The molecule has 7 heteroatoms. The molecule has 1 aliphatic rings. The van der Waals surface area contributed by atoms with Crippen LogP contribution >= 0.6 is 0 Å². The molecule has 0 saturated heterocycles. The van der Waals surface area contributed by atoms with E-state index in [0.29, 0.717) is 17.9 Å². The van der Waals surface area contributed by atoms with Crippen LogP contribution in [0.1, 0.15) is 30.0 Å². The molecule has 4 atom stereocenters. The molecule has 0 radical (unpaired) electrons. The van der Waals surface area contributed by atoms with Crippen LogP contribution in [0.3, 0.4) is 0 Å². The van der Waals surface area contributed by atoms with Gasteiger partial charge in [0, 0.05) is 17.8 Å². The Bertz CT molecular complexity index is 1220. The number of rotatable bonds is 4. The molecule has 3 heterocycles. The summed E-state index contributed by atoms with van der Waals surface area (Å²) >= 11 is 0. The zero-order valence-electron chi connectivity index (χ0n) is 16.8. The van der Waals surface area contributed by atoms with Crippen molar-refractivity contribution in [2.75, 3.05) is 5.73 Å². The molecule has 4 aromatic rings. The van der Waals surface area contributed by atoms with Crippen molar-refractivity contribution < 1.29 is 10.2 Å². The standard InChI is InChI=1S/C23H25N5O2/c1-13-8-15-4-2-14(9-18(15)25-11-13)3-5-16-10-19(21(30)20(16)29)28-7-6-17-22(24)26-12-27-23(17)28/h2,4,6-9,11-12,16,19-21,29-30H,3,5,10H2,1H3,(H2,24,26,27)/t16-,19+,20+,21-/m0/s1. The molecule has 4 N–H and O–H groups in total. The van der Waals surface area contributed by atoms with Gasteiger partial charge >= 0.3 is 0 Å². The first-order valence-corrected chi connectivity index (χ1v) is 10.3. The third kappa shape index (κ3) is 3.20. The molecule has 5 rings (SSSR count). The normalized spacial score (nSPS) is 24.1. The number of aromatic nitrogens is 4. The van der Waals surface area contributed by atoms with Crippen molar-refractivity contribution in [2.24, 2.45) is 5.92 Å². The minimum atomic E-state index is -0.844. The van der Waals surface area contributed by atoms with E-state index in [9.17, 15) is 10.2 Å². The summed E-state index contributed by atoms with van der Waals surface area (Å²) in [7, 11) is 0. The monoisotopic (exact) mass is 403 g/mol. The maximum absolute atomic E-state index is 10.7. The number of hydrogen-bond donors (Lipinski definition) is 3. The fraction of sp³-hybridized carbons (Fsp3) is 0.348. The highest BCUT2D eigenvalue weighted by Gasteiger charge is 2.42. The molecule has 3 aromatic heterocycles. The largest absolute Gasteiger partial charge is 0.390 e. The molecule has 1 fully saturated rings. The first-order chi connectivity index (χ1) is 14.5. The summed E-state index contributed by atoms with van der Waals surface area (Å²) in [5.41, 5.74) is 9.95. The molecule has 0 spiro atoms. The van der Waals surface area contributed by atoms with Gasteiger partial charge in [-0.05, 0) is 61.4 Å². The zero-order chi connectivity index (χ0) is 20.8. The minimum absolute atomic E-state index is 0.00306. The van der Waals surface area contributed by atoms with Gasteiger partial charge in [0.15, 0.2) is 0 Å². The number of nitrogen functional groups attached to an aromatic ring is 1. The number of benzene rings is 1. The van der Waals surface area contributed by atoms with E-state index >= 15 is 0 Å². The Morgan fingerprint density at radius 1 is 1.10 bits per heavy atom. The molecule has 1 aromatic carbocycles. The second kappa shape index (κ2) is 7.34. The van der Waals surface area contributed by atoms with Crippen molar-refractivity contribution in [1.29, 1.82) is 0 Å². The molecule has 0 amide bonds. The van der Waals surface area contributed by atoms with Crippen molar-refractivity contribution in [1.82, 2.24) is 19.5 Å². The van der Waals surface area contributed by atoms with Gasteiger partial charge in [-0.2, -0.15) is 0 Å². The Morgan fingerprint density at radius 3 is 2.83 bits per heavy atom.